The van der Waals surface area contributed by atoms with E-state index in [0.29, 0.717) is 0 Å². The molecule has 0 aliphatic rings. The Labute approximate surface area is 262 Å². The van der Waals surface area contributed by atoms with Gasteiger partial charge in [-0.05, 0) is 89.3 Å². The fourth-order valence-corrected chi connectivity index (χ4v) is 9.37. The molecular weight excluding hydrogens is 569 g/mol. The first-order valence-electron chi connectivity index (χ1n) is 15.0. The van der Waals surface area contributed by atoms with Gasteiger partial charge in [-0.25, -0.2) is 0 Å². The molecular formula is C42H24S2. The molecule has 0 spiro atoms. The summed E-state index contributed by atoms with van der Waals surface area (Å²) < 4.78 is 2.72. The zero-order valence-corrected chi connectivity index (χ0v) is 25.3. The topological polar surface area (TPSA) is 0 Å². The number of rotatable bonds is 2. The van der Waals surface area contributed by atoms with E-state index in [-0.39, 0.29) is 0 Å². The summed E-state index contributed by atoms with van der Waals surface area (Å²) in [5.74, 6) is 0. The standard InChI is InChI=1S/C42H24S2/c1-3-7-27-21-29(11-9-25(27)5-1)39-23-31-13-15-35-33-18-20-38-36(34(33)17-19-37(35)41(31)43-39)16-14-32-24-40(44-42(32)38)30-12-10-26-6-2-4-8-28(26)22-30/h1-24H. The van der Waals surface area contributed by atoms with Crippen LogP contribution in [0.25, 0.3) is 94.9 Å². The van der Waals surface area contributed by atoms with Gasteiger partial charge >= 0.3 is 0 Å². The van der Waals surface area contributed by atoms with Crippen molar-refractivity contribution in [2.24, 2.45) is 0 Å². The lowest BCUT2D eigenvalue weighted by molar-refractivity contribution is 1.74. The minimum Gasteiger partial charge on any atom is -0.135 e. The predicted octanol–water partition coefficient (Wildman–Crippen LogP) is 13.2. The number of thiophene rings is 2. The molecule has 10 rings (SSSR count). The van der Waals surface area contributed by atoms with Crippen LogP contribution < -0.4 is 0 Å². The average molecular weight is 593 g/mol. The van der Waals surface area contributed by atoms with Gasteiger partial charge in [0.25, 0.3) is 0 Å². The molecule has 44 heavy (non-hydrogen) atoms. The fraction of sp³-hybridized carbons (Fsp3) is 0. The van der Waals surface area contributed by atoms with E-state index in [0.717, 1.165) is 0 Å². The SMILES string of the molecule is c1ccc2cc(-c3cc4ccc5c6ccc7c(ccc8cc(-c9ccc%10ccccc%10c9)sc87)c6ccc5c4s3)ccc2c1. The minimum atomic E-state index is 1.28. The molecule has 0 aliphatic heterocycles. The van der Waals surface area contributed by atoms with E-state index in [1.807, 2.05) is 22.7 Å². The van der Waals surface area contributed by atoms with Gasteiger partial charge in [-0.1, -0.05) is 121 Å². The van der Waals surface area contributed by atoms with Crippen LogP contribution in [0.5, 0.6) is 0 Å². The molecule has 2 aromatic heterocycles. The van der Waals surface area contributed by atoms with Gasteiger partial charge in [0.05, 0.1) is 0 Å². The van der Waals surface area contributed by atoms with Gasteiger partial charge in [-0.2, -0.15) is 0 Å². The van der Waals surface area contributed by atoms with Crippen molar-refractivity contribution in [1.82, 2.24) is 0 Å². The number of benzene rings is 8. The third kappa shape index (κ3) is 3.62. The highest BCUT2D eigenvalue weighted by Crippen LogP contribution is 2.44. The zero-order valence-electron chi connectivity index (χ0n) is 23.7. The van der Waals surface area contributed by atoms with Crippen molar-refractivity contribution in [3.05, 3.63) is 146 Å². The van der Waals surface area contributed by atoms with Gasteiger partial charge in [-0.3, -0.25) is 0 Å². The molecule has 204 valence electrons. The highest BCUT2D eigenvalue weighted by molar-refractivity contribution is 7.23. The van der Waals surface area contributed by atoms with Crippen LogP contribution in [0, 0.1) is 0 Å². The molecule has 0 unspecified atom stereocenters. The first-order valence-corrected chi connectivity index (χ1v) is 16.6. The predicted molar refractivity (Wildman–Crippen MR) is 196 cm³/mol. The Morgan fingerprint density at radius 1 is 0.273 bits per heavy atom. The molecule has 0 nitrogen and oxygen atoms in total. The molecule has 0 saturated carbocycles. The van der Waals surface area contributed by atoms with Crippen molar-refractivity contribution < 1.29 is 0 Å². The van der Waals surface area contributed by atoms with Crippen molar-refractivity contribution in [2.45, 2.75) is 0 Å². The van der Waals surface area contributed by atoms with E-state index in [9.17, 15) is 0 Å². The molecule has 0 bridgehead atoms. The number of fused-ring (bicyclic) bond motifs is 11. The molecule has 8 aromatic carbocycles. The summed E-state index contributed by atoms with van der Waals surface area (Å²) in [6.07, 6.45) is 0. The molecule has 0 atom stereocenters. The summed E-state index contributed by atoms with van der Waals surface area (Å²) in [5, 5.41) is 15.7. The molecule has 2 heteroatoms. The average Bonchev–Trinajstić information content (AvgIpc) is 3.73. The maximum absolute atomic E-state index is 2.36. The largest absolute Gasteiger partial charge is 0.135 e. The summed E-state index contributed by atoms with van der Waals surface area (Å²) in [4.78, 5) is 2.64. The van der Waals surface area contributed by atoms with Gasteiger partial charge in [-0.15, -0.1) is 22.7 Å². The van der Waals surface area contributed by atoms with Gasteiger partial charge in [0.15, 0.2) is 0 Å². The van der Waals surface area contributed by atoms with Crippen LogP contribution in [-0.2, 0) is 0 Å². The van der Waals surface area contributed by atoms with Gasteiger partial charge < -0.3 is 0 Å². The maximum Gasteiger partial charge on any atom is 0.0428 e. The zero-order chi connectivity index (χ0) is 28.8. The molecule has 0 aliphatic carbocycles. The molecule has 2 heterocycles. The smallest absolute Gasteiger partial charge is 0.0428 e. The minimum absolute atomic E-state index is 1.28. The Balaban J connectivity index is 1.12. The Hall–Kier alpha value is -5.02. The Kier molecular flexibility index (Phi) is 5.13. The third-order valence-electron chi connectivity index (χ3n) is 9.22. The van der Waals surface area contributed by atoms with Crippen LogP contribution in [0.2, 0.25) is 0 Å². The lowest BCUT2D eigenvalue weighted by Gasteiger charge is -2.09. The summed E-state index contributed by atoms with van der Waals surface area (Å²) in [5.41, 5.74) is 2.57. The fourth-order valence-electron chi connectivity index (χ4n) is 7.00. The summed E-state index contributed by atoms with van der Waals surface area (Å²) >= 11 is 3.81. The van der Waals surface area contributed by atoms with E-state index < -0.39 is 0 Å². The Morgan fingerprint density at radius 2 is 0.636 bits per heavy atom. The molecule has 0 saturated heterocycles. The number of hydrogen-bond acceptors (Lipinski definition) is 2. The van der Waals surface area contributed by atoms with E-state index in [2.05, 4.69) is 146 Å². The second-order valence-electron chi connectivity index (χ2n) is 11.7. The van der Waals surface area contributed by atoms with Crippen molar-refractivity contribution in [3.8, 4) is 20.9 Å². The normalized spacial score (nSPS) is 12.1. The monoisotopic (exact) mass is 592 g/mol. The third-order valence-corrected chi connectivity index (χ3v) is 11.7. The van der Waals surface area contributed by atoms with Crippen LogP contribution in [0.15, 0.2) is 146 Å². The molecule has 0 radical (unpaired) electrons. The van der Waals surface area contributed by atoms with Crippen molar-refractivity contribution >= 4 is 96.7 Å². The molecule has 0 N–H and O–H groups in total. The van der Waals surface area contributed by atoms with Crippen molar-refractivity contribution in [1.29, 1.82) is 0 Å². The summed E-state index contributed by atoms with van der Waals surface area (Å²) in [6, 6.07) is 54.2. The van der Waals surface area contributed by atoms with E-state index >= 15 is 0 Å². The first kappa shape index (κ1) is 24.4. The lowest BCUT2D eigenvalue weighted by atomic mass is 9.96. The summed E-state index contributed by atoms with van der Waals surface area (Å²) in [7, 11) is 0. The second kappa shape index (κ2) is 9.24. The maximum atomic E-state index is 2.36. The van der Waals surface area contributed by atoms with Gasteiger partial charge in [0.2, 0.25) is 0 Å². The van der Waals surface area contributed by atoms with Crippen LogP contribution in [-0.4, -0.2) is 0 Å². The van der Waals surface area contributed by atoms with Gasteiger partial charge in [0.1, 0.15) is 0 Å². The van der Waals surface area contributed by atoms with Crippen LogP contribution in [0.1, 0.15) is 0 Å². The van der Waals surface area contributed by atoms with Crippen LogP contribution in [0.4, 0.5) is 0 Å². The molecule has 10 aromatic rings. The highest BCUT2D eigenvalue weighted by Gasteiger charge is 2.14. The van der Waals surface area contributed by atoms with Crippen LogP contribution >= 0.6 is 22.7 Å². The number of hydrogen-bond donors (Lipinski definition) is 0. The van der Waals surface area contributed by atoms with Crippen molar-refractivity contribution in [2.75, 3.05) is 0 Å². The summed E-state index contributed by atoms with van der Waals surface area (Å²) in [6.45, 7) is 0. The van der Waals surface area contributed by atoms with E-state index in [1.54, 1.807) is 0 Å². The second-order valence-corrected chi connectivity index (χ2v) is 13.8. The van der Waals surface area contributed by atoms with Crippen LogP contribution in [0.3, 0.4) is 0 Å². The van der Waals surface area contributed by atoms with Crippen molar-refractivity contribution in [3.63, 3.8) is 0 Å². The molecule has 0 amide bonds. The van der Waals surface area contributed by atoms with E-state index in [1.165, 1.54) is 94.9 Å². The first-order chi connectivity index (χ1) is 21.8. The Morgan fingerprint density at radius 3 is 1.11 bits per heavy atom. The Bertz CT molecular complexity index is 2580. The lowest BCUT2D eigenvalue weighted by Crippen LogP contribution is -1.81. The highest BCUT2D eigenvalue weighted by atomic mass is 32.1. The van der Waals surface area contributed by atoms with Gasteiger partial charge in [0, 0.05) is 29.9 Å². The quantitative estimate of drug-likeness (QED) is 0.175. The molecule has 0 fully saturated rings. The van der Waals surface area contributed by atoms with E-state index in [4.69, 9.17) is 0 Å².